The number of rotatable bonds is 3. The standard InChI is InChI=1S/C19H30N2O/c1-19(2,3)15-8-12-17(13-9-15)20-16-10-6-14(7-11-16)18(22)21(4)5/h8-9,12-14,16,20H,6-7,10-11H2,1-5H3. The van der Waals surface area contributed by atoms with Gasteiger partial charge in [0.1, 0.15) is 0 Å². The lowest BCUT2D eigenvalue weighted by Gasteiger charge is -2.30. The van der Waals surface area contributed by atoms with Gasteiger partial charge in [-0.2, -0.15) is 0 Å². The zero-order valence-corrected chi connectivity index (χ0v) is 14.6. The van der Waals surface area contributed by atoms with Crippen LogP contribution in [-0.2, 0) is 10.2 Å². The van der Waals surface area contributed by atoms with Gasteiger partial charge in [0, 0.05) is 31.7 Å². The number of nitrogens with one attached hydrogen (secondary N) is 1. The number of carbonyl (C=O) groups excluding carboxylic acids is 1. The fourth-order valence-electron chi connectivity index (χ4n) is 3.15. The van der Waals surface area contributed by atoms with Gasteiger partial charge in [-0.25, -0.2) is 0 Å². The fourth-order valence-corrected chi connectivity index (χ4v) is 3.15. The molecule has 1 saturated carbocycles. The average molecular weight is 302 g/mol. The molecular formula is C19H30N2O. The van der Waals surface area contributed by atoms with Crippen molar-refractivity contribution in [1.82, 2.24) is 4.90 Å². The van der Waals surface area contributed by atoms with Gasteiger partial charge in [-0.15, -0.1) is 0 Å². The summed E-state index contributed by atoms with van der Waals surface area (Å²) in [6.45, 7) is 6.70. The molecule has 1 aliphatic rings. The van der Waals surface area contributed by atoms with Crippen LogP contribution in [0.3, 0.4) is 0 Å². The number of benzene rings is 1. The summed E-state index contributed by atoms with van der Waals surface area (Å²) in [5.74, 6) is 0.504. The Morgan fingerprint density at radius 3 is 2.05 bits per heavy atom. The maximum absolute atomic E-state index is 12.0. The Hall–Kier alpha value is -1.51. The highest BCUT2D eigenvalue weighted by Gasteiger charge is 2.27. The van der Waals surface area contributed by atoms with E-state index in [9.17, 15) is 4.79 Å². The first kappa shape index (κ1) is 16.9. The molecule has 0 spiro atoms. The van der Waals surface area contributed by atoms with Crippen molar-refractivity contribution < 1.29 is 4.79 Å². The topological polar surface area (TPSA) is 32.3 Å². The maximum atomic E-state index is 12.0. The third kappa shape index (κ3) is 4.25. The minimum atomic E-state index is 0.198. The van der Waals surface area contributed by atoms with Crippen molar-refractivity contribution in [3.05, 3.63) is 29.8 Å². The molecule has 0 radical (unpaired) electrons. The van der Waals surface area contributed by atoms with Crippen LogP contribution in [0.4, 0.5) is 5.69 Å². The van der Waals surface area contributed by atoms with Crippen molar-refractivity contribution in [3.63, 3.8) is 0 Å². The molecule has 1 fully saturated rings. The lowest BCUT2D eigenvalue weighted by atomic mass is 9.85. The summed E-state index contributed by atoms with van der Waals surface area (Å²) in [7, 11) is 3.70. The minimum absolute atomic E-state index is 0.198. The predicted molar refractivity (Wildman–Crippen MR) is 93.2 cm³/mol. The fraction of sp³-hybridized carbons (Fsp3) is 0.632. The van der Waals surface area contributed by atoms with Gasteiger partial charge in [0.25, 0.3) is 0 Å². The van der Waals surface area contributed by atoms with E-state index < -0.39 is 0 Å². The van der Waals surface area contributed by atoms with Gasteiger partial charge in [-0.05, 0) is 48.8 Å². The summed E-state index contributed by atoms with van der Waals surface area (Å²) in [4.78, 5) is 13.7. The summed E-state index contributed by atoms with van der Waals surface area (Å²) >= 11 is 0. The lowest BCUT2D eigenvalue weighted by Crippen LogP contribution is -2.35. The van der Waals surface area contributed by atoms with Crippen molar-refractivity contribution in [1.29, 1.82) is 0 Å². The monoisotopic (exact) mass is 302 g/mol. The number of anilines is 1. The molecule has 1 aromatic rings. The molecule has 0 unspecified atom stereocenters. The predicted octanol–water partition coefficient (Wildman–Crippen LogP) is 4.04. The van der Waals surface area contributed by atoms with E-state index in [0.29, 0.717) is 6.04 Å². The Balaban J connectivity index is 1.87. The Kier molecular flexibility index (Phi) is 5.15. The van der Waals surface area contributed by atoms with E-state index >= 15 is 0 Å². The second-order valence-electron chi connectivity index (χ2n) is 7.75. The first-order valence-electron chi connectivity index (χ1n) is 8.35. The van der Waals surface area contributed by atoms with Crippen LogP contribution in [0.1, 0.15) is 52.0 Å². The minimum Gasteiger partial charge on any atom is -0.382 e. The molecular weight excluding hydrogens is 272 g/mol. The molecule has 0 heterocycles. The Labute approximate surface area is 135 Å². The van der Waals surface area contributed by atoms with Crippen LogP contribution in [0.5, 0.6) is 0 Å². The van der Waals surface area contributed by atoms with Gasteiger partial charge in [0.2, 0.25) is 5.91 Å². The number of amides is 1. The average Bonchev–Trinajstić information content (AvgIpc) is 2.47. The van der Waals surface area contributed by atoms with Crippen LogP contribution in [0.15, 0.2) is 24.3 Å². The first-order valence-corrected chi connectivity index (χ1v) is 8.35. The molecule has 1 amide bonds. The molecule has 0 saturated heterocycles. The lowest BCUT2D eigenvalue weighted by molar-refractivity contribution is -0.133. The molecule has 0 aliphatic heterocycles. The summed E-state index contributed by atoms with van der Waals surface area (Å²) in [5, 5.41) is 3.62. The normalized spacial score (nSPS) is 22.2. The molecule has 0 aromatic heterocycles. The highest BCUT2D eigenvalue weighted by molar-refractivity contribution is 5.78. The van der Waals surface area contributed by atoms with Crippen molar-refractivity contribution >= 4 is 11.6 Å². The van der Waals surface area contributed by atoms with Crippen LogP contribution in [0.25, 0.3) is 0 Å². The maximum Gasteiger partial charge on any atom is 0.225 e. The van der Waals surface area contributed by atoms with Crippen molar-refractivity contribution in [2.45, 2.75) is 57.9 Å². The molecule has 3 nitrogen and oxygen atoms in total. The third-order valence-corrected chi connectivity index (χ3v) is 4.64. The zero-order valence-electron chi connectivity index (χ0n) is 14.6. The molecule has 1 N–H and O–H groups in total. The Bertz CT molecular complexity index is 491. The van der Waals surface area contributed by atoms with Crippen LogP contribution in [0.2, 0.25) is 0 Å². The van der Waals surface area contributed by atoms with Crippen LogP contribution < -0.4 is 5.32 Å². The number of hydrogen-bond donors (Lipinski definition) is 1. The van der Waals surface area contributed by atoms with E-state index in [1.165, 1.54) is 11.3 Å². The summed E-state index contributed by atoms with van der Waals surface area (Å²) < 4.78 is 0. The highest BCUT2D eigenvalue weighted by atomic mass is 16.2. The molecule has 22 heavy (non-hydrogen) atoms. The second kappa shape index (κ2) is 6.72. The van der Waals surface area contributed by atoms with E-state index in [0.717, 1.165) is 25.7 Å². The molecule has 1 aromatic carbocycles. The summed E-state index contributed by atoms with van der Waals surface area (Å²) in [6, 6.07) is 9.27. The van der Waals surface area contributed by atoms with E-state index in [4.69, 9.17) is 0 Å². The number of nitrogens with zero attached hydrogens (tertiary/aromatic N) is 1. The van der Waals surface area contributed by atoms with Crippen molar-refractivity contribution in [2.24, 2.45) is 5.92 Å². The molecule has 0 bridgehead atoms. The highest BCUT2D eigenvalue weighted by Crippen LogP contribution is 2.29. The summed E-state index contributed by atoms with van der Waals surface area (Å²) in [5.41, 5.74) is 2.75. The Morgan fingerprint density at radius 1 is 1.05 bits per heavy atom. The van der Waals surface area contributed by atoms with E-state index in [-0.39, 0.29) is 17.2 Å². The van der Waals surface area contributed by atoms with Gasteiger partial charge in [0.05, 0.1) is 0 Å². The van der Waals surface area contributed by atoms with Gasteiger partial charge < -0.3 is 10.2 Å². The zero-order chi connectivity index (χ0) is 16.3. The molecule has 1 aliphatic carbocycles. The molecule has 3 heteroatoms. The van der Waals surface area contributed by atoms with E-state index in [2.05, 4.69) is 50.4 Å². The van der Waals surface area contributed by atoms with E-state index in [1.54, 1.807) is 4.90 Å². The first-order chi connectivity index (χ1) is 10.3. The largest absolute Gasteiger partial charge is 0.382 e. The quantitative estimate of drug-likeness (QED) is 0.914. The summed E-state index contributed by atoms with van der Waals surface area (Å²) in [6.07, 6.45) is 4.14. The molecule has 122 valence electrons. The van der Waals surface area contributed by atoms with Crippen molar-refractivity contribution in [2.75, 3.05) is 19.4 Å². The van der Waals surface area contributed by atoms with Gasteiger partial charge in [-0.1, -0.05) is 32.9 Å². The number of hydrogen-bond acceptors (Lipinski definition) is 2. The van der Waals surface area contributed by atoms with E-state index in [1.807, 2.05) is 14.1 Å². The van der Waals surface area contributed by atoms with Crippen LogP contribution >= 0.6 is 0 Å². The van der Waals surface area contributed by atoms with Gasteiger partial charge >= 0.3 is 0 Å². The third-order valence-electron chi connectivity index (χ3n) is 4.64. The SMILES string of the molecule is CN(C)C(=O)C1CCC(Nc2ccc(C(C)(C)C)cc2)CC1. The molecule has 0 atom stereocenters. The molecule has 2 rings (SSSR count). The second-order valence-corrected chi connectivity index (χ2v) is 7.75. The Morgan fingerprint density at radius 2 is 1.59 bits per heavy atom. The van der Waals surface area contributed by atoms with Crippen molar-refractivity contribution in [3.8, 4) is 0 Å². The number of carbonyl (C=O) groups is 1. The smallest absolute Gasteiger partial charge is 0.225 e. The van der Waals surface area contributed by atoms with Gasteiger partial charge in [-0.3, -0.25) is 4.79 Å². The van der Waals surface area contributed by atoms with Gasteiger partial charge in [0.15, 0.2) is 0 Å². The van der Waals surface area contributed by atoms with Crippen LogP contribution in [0, 0.1) is 5.92 Å². The van der Waals surface area contributed by atoms with Crippen LogP contribution in [-0.4, -0.2) is 30.9 Å².